The molecular formula is C12H20ClN3O2S. The summed E-state index contributed by atoms with van der Waals surface area (Å²) in [7, 11) is -3.44. The maximum atomic E-state index is 12.4. The smallest absolute Gasteiger partial charge is 0.262 e. The normalized spacial score (nSPS) is 20.6. The molecule has 0 N–H and O–H groups in total. The van der Waals surface area contributed by atoms with E-state index in [0.717, 1.165) is 12.8 Å². The van der Waals surface area contributed by atoms with Gasteiger partial charge < -0.3 is 4.57 Å². The molecule has 0 bridgehead atoms. The van der Waals surface area contributed by atoms with Crippen molar-refractivity contribution < 1.29 is 8.42 Å². The third kappa shape index (κ3) is 3.12. The number of hydrogen-bond donors (Lipinski definition) is 0. The molecule has 1 aromatic heterocycles. The van der Waals surface area contributed by atoms with Gasteiger partial charge in [0, 0.05) is 31.2 Å². The van der Waals surface area contributed by atoms with Crippen LogP contribution in [0.3, 0.4) is 0 Å². The van der Waals surface area contributed by atoms with Crippen LogP contribution in [0.2, 0.25) is 0 Å². The van der Waals surface area contributed by atoms with Crippen molar-refractivity contribution in [2.24, 2.45) is 5.92 Å². The molecule has 0 amide bonds. The number of hydrogen-bond acceptors (Lipinski definition) is 3. The Labute approximate surface area is 119 Å². The second-order valence-electron chi connectivity index (χ2n) is 4.96. The van der Waals surface area contributed by atoms with Crippen LogP contribution in [-0.2, 0) is 16.6 Å². The van der Waals surface area contributed by atoms with Gasteiger partial charge >= 0.3 is 0 Å². The fraction of sp³-hybridized carbons (Fsp3) is 0.750. The van der Waals surface area contributed by atoms with Crippen LogP contribution in [0.5, 0.6) is 0 Å². The van der Waals surface area contributed by atoms with Crippen LogP contribution < -0.4 is 0 Å². The second-order valence-corrected chi connectivity index (χ2v) is 7.53. The van der Waals surface area contributed by atoms with Crippen LogP contribution in [0.15, 0.2) is 17.6 Å². The number of rotatable bonds is 4. The Morgan fingerprint density at radius 3 is 2.58 bits per heavy atom. The minimum Gasteiger partial charge on any atom is -0.336 e. The van der Waals surface area contributed by atoms with Gasteiger partial charge in [0.25, 0.3) is 10.0 Å². The van der Waals surface area contributed by atoms with Crippen molar-refractivity contribution in [2.75, 3.05) is 13.1 Å². The molecule has 2 rings (SSSR count). The van der Waals surface area contributed by atoms with Crippen LogP contribution in [0.25, 0.3) is 0 Å². The van der Waals surface area contributed by atoms with Gasteiger partial charge in [0.15, 0.2) is 5.03 Å². The summed E-state index contributed by atoms with van der Waals surface area (Å²) in [5.41, 5.74) is 0. The van der Waals surface area contributed by atoms with Crippen LogP contribution in [-0.4, -0.2) is 40.7 Å². The predicted molar refractivity (Wildman–Crippen MR) is 74.7 cm³/mol. The molecule has 0 spiro atoms. The van der Waals surface area contributed by atoms with Gasteiger partial charge in [-0.3, -0.25) is 0 Å². The summed E-state index contributed by atoms with van der Waals surface area (Å²) in [6.45, 7) is 5.70. The molecule has 1 atom stereocenters. The van der Waals surface area contributed by atoms with Crippen molar-refractivity contribution in [2.45, 2.75) is 43.6 Å². The summed E-state index contributed by atoms with van der Waals surface area (Å²) in [5, 5.41) is 0.246. The first-order valence-electron chi connectivity index (χ1n) is 6.61. The van der Waals surface area contributed by atoms with Crippen LogP contribution in [0.1, 0.15) is 26.7 Å². The van der Waals surface area contributed by atoms with E-state index < -0.39 is 10.0 Å². The maximum Gasteiger partial charge on any atom is 0.262 e. The van der Waals surface area contributed by atoms with Crippen molar-refractivity contribution in [1.29, 1.82) is 0 Å². The van der Waals surface area contributed by atoms with Gasteiger partial charge in [-0.2, -0.15) is 4.31 Å². The molecule has 2 heterocycles. The minimum absolute atomic E-state index is 0.101. The third-order valence-electron chi connectivity index (χ3n) is 3.73. The summed E-state index contributed by atoms with van der Waals surface area (Å²) in [4.78, 5) is 4.00. The van der Waals surface area contributed by atoms with E-state index in [-0.39, 0.29) is 10.4 Å². The first kappa shape index (κ1) is 14.8. The summed E-state index contributed by atoms with van der Waals surface area (Å²) in [6, 6.07) is 0. The lowest BCUT2D eigenvalue weighted by atomic mass is 9.95. The fourth-order valence-corrected chi connectivity index (χ4v) is 4.01. The van der Waals surface area contributed by atoms with E-state index in [9.17, 15) is 8.42 Å². The highest BCUT2D eigenvalue weighted by Gasteiger charge is 2.32. The predicted octanol–water partition coefficient (Wildman–Crippen LogP) is 1.93. The molecule has 5 nitrogen and oxygen atoms in total. The molecule has 108 valence electrons. The molecule has 0 aliphatic carbocycles. The highest BCUT2D eigenvalue weighted by molar-refractivity contribution is 7.89. The number of aromatic nitrogens is 2. The van der Waals surface area contributed by atoms with E-state index in [1.165, 1.54) is 4.31 Å². The van der Waals surface area contributed by atoms with E-state index in [4.69, 9.17) is 11.6 Å². The molecule has 0 saturated carbocycles. The lowest BCUT2D eigenvalue weighted by Crippen LogP contribution is -2.40. The molecule has 1 aliphatic heterocycles. The second kappa shape index (κ2) is 5.81. The van der Waals surface area contributed by atoms with Gasteiger partial charge in [0.1, 0.15) is 0 Å². The minimum atomic E-state index is -3.44. The number of piperidine rings is 1. The average Bonchev–Trinajstić information content (AvgIpc) is 2.88. The monoisotopic (exact) mass is 305 g/mol. The standard InChI is InChI=1S/C12H20ClN3O2S/c1-3-15-8-12(14-9-15)19(17,18)16-6-4-11(5-7-16)10(2)13/h8-11H,3-7H2,1-2H3. The van der Waals surface area contributed by atoms with Gasteiger partial charge in [-0.25, -0.2) is 13.4 Å². The molecule has 1 aliphatic rings. The molecule has 1 unspecified atom stereocenters. The Morgan fingerprint density at radius 1 is 1.47 bits per heavy atom. The molecular weight excluding hydrogens is 286 g/mol. The molecule has 0 radical (unpaired) electrons. The van der Waals surface area contributed by atoms with Crippen molar-refractivity contribution in [1.82, 2.24) is 13.9 Å². The van der Waals surface area contributed by atoms with Gasteiger partial charge in [-0.15, -0.1) is 11.6 Å². The zero-order valence-corrected chi connectivity index (χ0v) is 12.9. The number of sulfonamides is 1. The van der Waals surface area contributed by atoms with Crippen molar-refractivity contribution in [3.8, 4) is 0 Å². The van der Waals surface area contributed by atoms with Gasteiger partial charge in [0.05, 0.1) is 6.33 Å². The van der Waals surface area contributed by atoms with E-state index in [1.54, 1.807) is 17.1 Å². The van der Waals surface area contributed by atoms with Crippen molar-refractivity contribution >= 4 is 21.6 Å². The number of aryl methyl sites for hydroxylation is 1. The fourth-order valence-electron chi connectivity index (χ4n) is 2.35. The summed E-state index contributed by atoms with van der Waals surface area (Å²) >= 11 is 6.07. The van der Waals surface area contributed by atoms with Gasteiger partial charge in [-0.1, -0.05) is 0 Å². The Balaban J connectivity index is 2.09. The summed E-state index contributed by atoms with van der Waals surface area (Å²) in [6.07, 6.45) is 4.78. The lowest BCUT2D eigenvalue weighted by Gasteiger charge is -2.31. The molecule has 1 aromatic rings. The third-order valence-corrected chi connectivity index (χ3v) is 5.87. The Kier molecular flexibility index (Phi) is 4.53. The number of halogens is 1. The zero-order chi connectivity index (χ0) is 14.0. The zero-order valence-electron chi connectivity index (χ0n) is 11.3. The molecule has 0 aromatic carbocycles. The van der Waals surface area contributed by atoms with Gasteiger partial charge in [0.2, 0.25) is 0 Å². The van der Waals surface area contributed by atoms with Crippen LogP contribution in [0.4, 0.5) is 0 Å². The molecule has 7 heteroatoms. The number of nitrogens with zero attached hydrogens (tertiary/aromatic N) is 3. The average molecular weight is 306 g/mol. The molecule has 1 saturated heterocycles. The highest BCUT2D eigenvalue weighted by atomic mass is 35.5. The summed E-state index contributed by atoms with van der Waals surface area (Å²) in [5.74, 6) is 0.404. The van der Waals surface area contributed by atoms with E-state index in [0.29, 0.717) is 25.6 Å². The topological polar surface area (TPSA) is 55.2 Å². The van der Waals surface area contributed by atoms with Crippen molar-refractivity contribution in [3.63, 3.8) is 0 Å². The number of alkyl halides is 1. The Hall–Kier alpha value is -0.590. The molecule has 19 heavy (non-hydrogen) atoms. The highest BCUT2D eigenvalue weighted by Crippen LogP contribution is 2.27. The van der Waals surface area contributed by atoms with Crippen molar-refractivity contribution in [3.05, 3.63) is 12.5 Å². The Bertz CT molecular complexity index is 519. The van der Waals surface area contributed by atoms with E-state index in [2.05, 4.69) is 4.98 Å². The number of imidazole rings is 1. The van der Waals surface area contributed by atoms with Crippen LogP contribution in [0, 0.1) is 5.92 Å². The van der Waals surface area contributed by atoms with Crippen LogP contribution >= 0.6 is 11.6 Å². The first-order chi connectivity index (χ1) is 8.95. The van der Waals surface area contributed by atoms with E-state index >= 15 is 0 Å². The quantitative estimate of drug-likeness (QED) is 0.799. The van der Waals surface area contributed by atoms with E-state index in [1.807, 2.05) is 13.8 Å². The largest absolute Gasteiger partial charge is 0.336 e. The first-order valence-corrected chi connectivity index (χ1v) is 8.48. The molecule has 1 fully saturated rings. The summed E-state index contributed by atoms with van der Waals surface area (Å²) < 4.78 is 28.1. The maximum absolute atomic E-state index is 12.4. The SMILES string of the molecule is CCn1cnc(S(=O)(=O)N2CCC(C(C)Cl)CC2)c1. The Morgan fingerprint density at radius 2 is 2.11 bits per heavy atom. The lowest BCUT2D eigenvalue weighted by molar-refractivity contribution is 0.271. The van der Waals surface area contributed by atoms with Gasteiger partial charge in [-0.05, 0) is 32.6 Å².